The SMILES string of the molecule is C=C(COc1ccc2nc3c(c(CC)c2c1)Cn1c-3cc2c(c1=O)COC(=O)C2(O)CC)C(=O)N1CCN(c2nc(N3CC(N(C)C)C3)nc3c(F)c(-c4c(O)cccc4F)c(Cl)cc23)CC1. The molecule has 0 radical (unpaired) electrons. The number of rotatable bonds is 10. The Kier molecular flexibility index (Phi) is 10.9. The van der Waals surface area contributed by atoms with E-state index in [2.05, 4.69) is 16.5 Å². The third kappa shape index (κ3) is 7.13. The van der Waals surface area contributed by atoms with Crippen LogP contribution in [0.3, 0.4) is 0 Å². The molecule has 1 atom stereocenters. The van der Waals surface area contributed by atoms with E-state index in [0.717, 1.165) is 22.6 Å². The van der Waals surface area contributed by atoms with Crippen LogP contribution in [0.5, 0.6) is 11.5 Å². The van der Waals surface area contributed by atoms with Gasteiger partial charge in [0.25, 0.3) is 11.5 Å². The Morgan fingerprint density at radius 3 is 2.45 bits per heavy atom. The topological polar surface area (TPSA) is 167 Å². The number of hydrogen-bond donors (Lipinski definition) is 2. The Labute approximate surface area is 388 Å². The minimum absolute atomic E-state index is 0.0485. The zero-order valence-electron chi connectivity index (χ0n) is 37.3. The number of hydrogen-bond acceptors (Lipinski definition) is 13. The van der Waals surface area contributed by atoms with Gasteiger partial charge in [-0.25, -0.2) is 23.5 Å². The molecule has 0 aliphatic carbocycles. The number of piperazine rings is 1. The third-order valence-electron chi connectivity index (χ3n) is 13.7. The van der Waals surface area contributed by atoms with Crippen LogP contribution >= 0.6 is 11.6 Å². The Balaban J connectivity index is 0.861. The molecule has 346 valence electrons. The van der Waals surface area contributed by atoms with Crippen molar-refractivity contribution in [2.75, 3.05) is 69.8 Å². The number of halogens is 3. The molecule has 18 heteroatoms. The summed E-state index contributed by atoms with van der Waals surface area (Å²) in [7, 11) is 3.96. The van der Waals surface area contributed by atoms with E-state index >= 15 is 8.78 Å². The second-order valence-corrected chi connectivity index (χ2v) is 18.1. The Morgan fingerprint density at radius 1 is 0.985 bits per heavy atom. The predicted octanol–water partition coefficient (Wildman–Crippen LogP) is 5.92. The molecule has 2 N–H and O–H groups in total. The van der Waals surface area contributed by atoms with E-state index in [4.69, 9.17) is 31.0 Å². The molecular formula is C49H47ClF2N8O7. The Bertz CT molecular complexity index is 3150. The summed E-state index contributed by atoms with van der Waals surface area (Å²) in [5, 5.41) is 22.9. The quantitative estimate of drug-likeness (QED) is 0.123. The summed E-state index contributed by atoms with van der Waals surface area (Å²) in [6.07, 6.45) is 0.667. The molecule has 7 heterocycles. The molecule has 67 heavy (non-hydrogen) atoms. The fourth-order valence-electron chi connectivity index (χ4n) is 9.70. The van der Waals surface area contributed by atoms with Crippen molar-refractivity contribution < 1.29 is 38.1 Å². The van der Waals surface area contributed by atoms with E-state index in [1.54, 1.807) is 28.5 Å². The molecule has 4 aliphatic rings. The molecule has 0 saturated carbocycles. The molecule has 3 aromatic carbocycles. The number of ether oxygens (including phenoxy) is 2. The second kappa shape index (κ2) is 16.6. The van der Waals surface area contributed by atoms with Gasteiger partial charge in [-0.2, -0.15) is 4.98 Å². The smallest absolute Gasteiger partial charge is 0.343 e. The van der Waals surface area contributed by atoms with Crippen molar-refractivity contribution in [2.45, 2.75) is 51.5 Å². The lowest BCUT2D eigenvalue weighted by atomic mass is 9.86. The number of phenols is 1. The van der Waals surface area contributed by atoms with Crippen LogP contribution in [0, 0.1) is 11.6 Å². The van der Waals surface area contributed by atoms with E-state index in [1.807, 2.05) is 43.0 Å². The summed E-state index contributed by atoms with van der Waals surface area (Å²) < 4.78 is 44.7. The van der Waals surface area contributed by atoms with Gasteiger partial charge in [-0.15, -0.1) is 0 Å². The molecule has 0 bridgehead atoms. The average Bonchev–Trinajstić information content (AvgIpc) is 3.67. The van der Waals surface area contributed by atoms with Gasteiger partial charge in [-0.1, -0.05) is 38.1 Å². The maximum atomic E-state index is 16.7. The second-order valence-electron chi connectivity index (χ2n) is 17.7. The lowest BCUT2D eigenvalue weighted by molar-refractivity contribution is -0.172. The molecule has 3 aromatic heterocycles. The van der Waals surface area contributed by atoms with E-state index in [0.29, 0.717) is 85.5 Å². The van der Waals surface area contributed by atoms with Crippen LogP contribution in [0.1, 0.15) is 42.5 Å². The van der Waals surface area contributed by atoms with Gasteiger partial charge in [0.15, 0.2) is 11.4 Å². The van der Waals surface area contributed by atoms with E-state index < -0.39 is 29.0 Å². The number of anilines is 2. The normalized spacial score (nSPS) is 18.0. The van der Waals surface area contributed by atoms with E-state index in [9.17, 15) is 24.6 Å². The van der Waals surface area contributed by atoms with Crippen LogP contribution in [0.25, 0.3) is 44.3 Å². The number of fused-ring (bicyclic) bond motifs is 6. The van der Waals surface area contributed by atoms with Gasteiger partial charge in [-0.05, 0) is 75.0 Å². The summed E-state index contributed by atoms with van der Waals surface area (Å²) in [6, 6.07) is 12.6. The van der Waals surface area contributed by atoms with Crippen LogP contribution in [-0.2, 0) is 39.5 Å². The number of likely N-dealkylation sites (N-methyl/N-ethyl adjacent to an activating group) is 1. The maximum absolute atomic E-state index is 16.7. The predicted molar refractivity (Wildman–Crippen MR) is 249 cm³/mol. The number of nitrogens with zero attached hydrogens (tertiary/aromatic N) is 8. The number of esters is 1. The number of phenolic OH excluding ortho intramolecular Hbond substituents is 1. The number of benzene rings is 3. The van der Waals surface area contributed by atoms with Gasteiger partial charge >= 0.3 is 5.97 Å². The number of cyclic esters (lactones) is 1. The van der Waals surface area contributed by atoms with Gasteiger partial charge in [0.05, 0.1) is 39.6 Å². The van der Waals surface area contributed by atoms with Gasteiger partial charge in [0.1, 0.15) is 41.9 Å². The Hall–Kier alpha value is -6.69. The van der Waals surface area contributed by atoms with Crippen molar-refractivity contribution in [1.29, 1.82) is 0 Å². The first kappa shape index (κ1) is 44.2. The lowest BCUT2D eigenvalue weighted by Gasteiger charge is -2.43. The molecule has 1 amide bonds. The highest BCUT2D eigenvalue weighted by Gasteiger charge is 2.45. The van der Waals surface area contributed by atoms with Crippen LogP contribution in [-0.4, -0.2) is 117 Å². The van der Waals surface area contributed by atoms with Crippen molar-refractivity contribution in [3.8, 4) is 34.0 Å². The minimum atomic E-state index is -1.92. The number of carbonyl (C=O) groups excluding carboxylic acids is 2. The number of aromatic hydroxyl groups is 1. The fraction of sp³-hybridized carbons (Fsp3) is 0.347. The van der Waals surface area contributed by atoms with E-state index in [1.165, 1.54) is 18.2 Å². The molecule has 0 spiro atoms. The highest BCUT2D eigenvalue weighted by atomic mass is 35.5. The first-order chi connectivity index (χ1) is 32.1. The number of amides is 1. The molecule has 2 saturated heterocycles. The summed E-state index contributed by atoms with van der Waals surface area (Å²) in [5.41, 5.74) is 1.41. The summed E-state index contributed by atoms with van der Waals surface area (Å²) >= 11 is 6.68. The average molecular weight is 933 g/mol. The number of aromatic nitrogens is 4. The van der Waals surface area contributed by atoms with Gasteiger partial charge < -0.3 is 43.9 Å². The molecule has 6 aromatic rings. The van der Waals surface area contributed by atoms with Crippen molar-refractivity contribution >= 4 is 57.0 Å². The monoisotopic (exact) mass is 932 g/mol. The molecule has 2 fully saturated rings. The van der Waals surface area contributed by atoms with Crippen LogP contribution < -0.4 is 20.1 Å². The molecule has 15 nitrogen and oxygen atoms in total. The first-order valence-electron chi connectivity index (χ1n) is 22.2. The maximum Gasteiger partial charge on any atom is 0.343 e. The van der Waals surface area contributed by atoms with Crippen molar-refractivity contribution in [1.82, 2.24) is 29.3 Å². The zero-order chi connectivity index (χ0) is 47.2. The van der Waals surface area contributed by atoms with Crippen LogP contribution in [0.2, 0.25) is 5.02 Å². The lowest BCUT2D eigenvalue weighted by Crippen LogP contribution is -2.58. The van der Waals surface area contributed by atoms with Gasteiger partial charge in [-0.3, -0.25) is 9.59 Å². The largest absolute Gasteiger partial charge is 0.507 e. The number of aryl methyl sites for hydroxylation is 1. The number of carbonyl (C=O) groups is 2. The molecule has 1 unspecified atom stereocenters. The van der Waals surface area contributed by atoms with Crippen LogP contribution in [0.15, 0.2) is 65.5 Å². The third-order valence-corrected chi connectivity index (χ3v) is 14.0. The van der Waals surface area contributed by atoms with E-state index in [-0.39, 0.29) is 82.1 Å². The van der Waals surface area contributed by atoms with Crippen molar-refractivity contribution in [3.05, 3.63) is 110 Å². The number of pyridine rings is 2. The molecular weight excluding hydrogens is 886 g/mol. The van der Waals surface area contributed by atoms with Gasteiger partial charge in [0.2, 0.25) is 5.95 Å². The standard InChI is InChI=1S/C49H47ClF2N8O7/c1-6-28-29-17-27(11-12-36(29)53-42-31(28)22-60-37(42)19-33-32(46(60)63)24-67-47(64)49(33,65)7-2)66-23-25(3)45(62)58-15-13-57(14-16-58)44-30-18-34(50)39(40-35(51)9-8-10-38(40)61)41(52)43(30)54-48(55-44)59-20-26(21-59)56(4)5/h8-12,17-19,26,61,65H,3,6-7,13-16,20-24H2,1-2,4-5H3. The summed E-state index contributed by atoms with van der Waals surface area (Å²) in [4.78, 5) is 62.4. The van der Waals surface area contributed by atoms with Crippen molar-refractivity contribution in [3.63, 3.8) is 0 Å². The van der Waals surface area contributed by atoms with Crippen LogP contribution in [0.4, 0.5) is 20.5 Å². The zero-order valence-corrected chi connectivity index (χ0v) is 38.1. The summed E-state index contributed by atoms with van der Waals surface area (Å²) in [6.45, 7) is 10.2. The minimum Gasteiger partial charge on any atom is -0.507 e. The number of aliphatic hydroxyl groups is 1. The highest BCUT2D eigenvalue weighted by Crippen LogP contribution is 2.44. The molecule has 10 rings (SSSR count). The summed E-state index contributed by atoms with van der Waals surface area (Å²) in [5.74, 6) is -2.03. The fourth-order valence-corrected chi connectivity index (χ4v) is 9.98. The molecule has 4 aliphatic heterocycles. The first-order valence-corrected chi connectivity index (χ1v) is 22.6. The van der Waals surface area contributed by atoms with Gasteiger partial charge in [0, 0.05) is 78.3 Å². The Morgan fingerprint density at radius 2 is 1.75 bits per heavy atom. The van der Waals surface area contributed by atoms with Crippen molar-refractivity contribution in [2.24, 2.45) is 0 Å². The highest BCUT2D eigenvalue weighted by molar-refractivity contribution is 6.34.